The van der Waals surface area contributed by atoms with E-state index in [4.69, 9.17) is 23.9 Å². The van der Waals surface area contributed by atoms with Gasteiger partial charge in [0, 0.05) is 17.3 Å². The zero-order valence-electron chi connectivity index (χ0n) is 18.2. The van der Waals surface area contributed by atoms with E-state index in [2.05, 4.69) is 5.32 Å². The highest BCUT2D eigenvalue weighted by Crippen LogP contribution is 2.46. The lowest BCUT2D eigenvalue weighted by atomic mass is 9.93. The normalized spacial score (nSPS) is 15.3. The number of imidazole rings is 1. The van der Waals surface area contributed by atoms with Gasteiger partial charge in [0.15, 0.2) is 11.5 Å². The van der Waals surface area contributed by atoms with E-state index in [0.717, 1.165) is 11.0 Å². The van der Waals surface area contributed by atoms with Gasteiger partial charge in [-0.3, -0.25) is 4.57 Å². The third kappa shape index (κ3) is 3.34. The number of ether oxygens (including phenoxy) is 4. The summed E-state index contributed by atoms with van der Waals surface area (Å²) in [7, 11) is 4.72. The maximum atomic E-state index is 13.1. The summed E-state index contributed by atoms with van der Waals surface area (Å²) in [6, 6.07) is 10.8. The predicted molar refractivity (Wildman–Crippen MR) is 117 cm³/mol. The number of anilines is 1. The van der Waals surface area contributed by atoms with Crippen LogP contribution in [0.25, 0.3) is 11.0 Å². The van der Waals surface area contributed by atoms with Gasteiger partial charge in [0.25, 0.3) is 0 Å². The summed E-state index contributed by atoms with van der Waals surface area (Å²) in [6.45, 7) is 3.89. The number of hydrogen-bond donors (Lipinski definition) is 1. The minimum absolute atomic E-state index is 0.262. The van der Waals surface area contributed by atoms with Gasteiger partial charge < -0.3 is 24.3 Å². The summed E-state index contributed by atoms with van der Waals surface area (Å²) in [5.74, 6) is 1.80. The number of allylic oxidation sites excluding steroid dienone is 1. The van der Waals surface area contributed by atoms with Crippen molar-refractivity contribution in [1.82, 2.24) is 9.55 Å². The van der Waals surface area contributed by atoms with Gasteiger partial charge in [-0.1, -0.05) is 12.1 Å². The van der Waals surface area contributed by atoms with Crippen LogP contribution in [-0.2, 0) is 9.53 Å². The number of esters is 1. The Morgan fingerprint density at radius 2 is 1.90 bits per heavy atom. The number of benzene rings is 2. The Morgan fingerprint density at radius 3 is 2.58 bits per heavy atom. The molecule has 8 nitrogen and oxygen atoms in total. The molecule has 0 unspecified atom stereocenters. The fourth-order valence-corrected chi connectivity index (χ4v) is 4.02. The first-order valence-corrected chi connectivity index (χ1v) is 9.95. The number of nitrogens with one attached hydrogen (secondary N) is 1. The second-order valence-corrected chi connectivity index (χ2v) is 7.03. The van der Waals surface area contributed by atoms with E-state index >= 15 is 0 Å². The number of methoxy groups -OCH3 is 3. The lowest BCUT2D eigenvalue weighted by Crippen LogP contribution is -2.29. The SMILES string of the molecule is CCOC(=O)C1=C(C)Nc2nc3ccccc3n2[C@H]1c1cc(OC)cc(OC)c1OC. The first-order chi connectivity index (χ1) is 15.0. The highest BCUT2D eigenvalue weighted by atomic mass is 16.5. The third-order valence-electron chi connectivity index (χ3n) is 5.34. The van der Waals surface area contributed by atoms with Crippen molar-refractivity contribution in [3.63, 3.8) is 0 Å². The van der Waals surface area contributed by atoms with Crippen molar-refractivity contribution in [3.8, 4) is 17.2 Å². The molecule has 0 radical (unpaired) electrons. The summed E-state index contributed by atoms with van der Waals surface area (Å²) in [4.78, 5) is 17.8. The fraction of sp³-hybridized carbons (Fsp3) is 0.304. The van der Waals surface area contributed by atoms with Gasteiger partial charge in [0.1, 0.15) is 11.8 Å². The van der Waals surface area contributed by atoms with E-state index in [1.54, 1.807) is 34.3 Å². The molecule has 0 amide bonds. The highest BCUT2D eigenvalue weighted by Gasteiger charge is 2.37. The molecule has 4 rings (SSSR count). The largest absolute Gasteiger partial charge is 0.497 e. The number of carbonyl (C=O) groups is 1. The molecule has 3 aromatic rings. The Kier molecular flexibility index (Phi) is 5.46. The summed E-state index contributed by atoms with van der Waals surface area (Å²) >= 11 is 0. The topological polar surface area (TPSA) is 83.8 Å². The molecular weight excluding hydrogens is 398 g/mol. The molecule has 31 heavy (non-hydrogen) atoms. The van der Waals surface area contributed by atoms with Crippen molar-refractivity contribution >= 4 is 23.0 Å². The van der Waals surface area contributed by atoms with Crippen LogP contribution in [0, 0.1) is 0 Å². The molecule has 1 N–H and O–H groups in total. The molecule has 0 saturated heterocycles. The van der Waals surface area contributed by atoms with Gasteiger partial charge in [-0.2, -0.15) is 0 Å². The lowest BCUT2D eigenvalue weighted by molar-refractivity contribution is -0.139. The molecule has 1 aliphatic rings. The number of rotatable bonds is 6. The number of fused-ring (bicyclic) bond motifs is 3. The van der Waals surface area contributed by atoms with E-state index in [1.807, 2.05) is 41.8 Å². The first kappa shape index (κ1) is 20.6. The molecule has 0 bridgehead atoms. The Hall–Kier alpha value is -3.68. The van der Waals surface area contributed by atoms with Crippen LogP contribution >= 0.6 is 0 Å². The van der Waals surface area contributed by atoms with E-state index in [-0.39, 0.29) is 6.61 Å². The molecule has 2 aromatic carbocycles. The Morgan fingerprint density at radius 1 is 1.13 bits per heavy atom. The Bertz CT molecular complexity index is 1180. The molecule has 0 saturated carbocycles. The van der Waals surface area contributed by atoms with Crippen LogP contribution in [0.1, 0.15) is 25.5 Å². The molecule has 1 atom stereocenters. The molecule has 162 valence electrons. The van der Waals surface area contributed by atoms with Crippen LogP contribution in [0.2, 0.25) is 0 Å². The third-order valence-corrected chi connectivity index (χ3v) is 5.34. The van der Waals surface area contributed by atoms with Crippen molar-refractivity contribution in [3.05, 3.63) is 53.2 Å². The molecule has 0 fully saturated rings. The maximum absolute atomic E-state index is 13.1. The number of hydrogen-bond acceptors (Lipinski definition) is 7. The molecule has 8 heteroatoms. The van der Waals surface area contributed by atoms with E-state index in [9.17, 15) is 4.79 Å². The van der Waals surface area contributed by atoms with Crippen molar-refractivity contribution in [2.45, 2.75) is 19.9 Å². The summed E-state index contributed by atoms with van der Waals surface area (Å²) < 4.78 is 24.2. The van der Waals surface area contributed by atoms with Gasteiger partial charge in [0.05, 0.1) is 44.5 Å². The van der Waals surface area contributed by atoms with E-state index < -0.39 is 12.0 Å². The molecule has 1 aromatic heterocycles. The van der Waals surface area contributed by atoms with Gasteiger partial charge in [-0.05, 0) is 32.0 Å². The van der Waals surface area contributed by atoms with Gasteiger partial charge in [-0.15, -0.1) is 0 Å². The van der Waals surface area contributed by atoms with Crippen LogP contribution in [0.15, 0.2) is 47.7 Å². The first-order valence-electron chi connectivity index (χ1n) is 9.95. The van der Waals surface area contributed by atoms with E-state index in [0.29, 0.717) is 40.0 Å². The fourth-order valence-electron chi connectivity index (χ4n) is 4.02. The second kappa shape index (κ2) is 8.22. The average Bonchev–Trinajstić information content (AvgIpc) is 3.14. The second-order valence-electron chi connectivity index (χ2n) is 7.03. The molecule has 0 spiro atoms. The molecule has 0 aliphatic carbocycles. The van der Waals surface area contributed by atoms with Gasteiger partial charge in [-0.25, -0.2) is 9.78 Å². The molecular formula is C23H25N3O5. The number of carbonyl (C=O) groups excluding carboxylic acids is 1. The average molecular weight is 423 g/mol. The minimum Gasteiger partial charge on any atom is -0.497 e. The van der Waals surface area contributed by atoms with Gasteiger partial charge >= 0.3 is 5.97 Å². The summed E-state index contributed by atoms with van der Waals surface area (Å²) in [5.41, 5.74) is 3.50. The Balaban J connectivity index is 2.07. The number of aromatic nitrogens is 2. The van der Waals surface area contributed by atoms with Crippen LogP contribution in [0.3, 0.4) is 0 Å². The standard InChI is InChI=1S/C23H25N3O5/c1-6-31-22(27)19-13(2)24-23-25-16-9-7-8-10-17(16)26(23)20(19)15-11-14(28-3)12-18(29-4)21(15)30-5/h7-12,20H,6H2,1-5H3,(H,24,25)/t20-/m0/s1. The van der Waals surface area contributed by atoms with Crippen molar-refractivity contribution in [2.75, 3.05) is 33.3 Å². The maximum Gasteiger partial charge on any atom is 0.338 e. The van der Waals surface area contributed by atoms with Crippen LogP contribution in [0.4, 0.5) is 5.95 Å². The van der Waals surface area contributed by atoms with Crippen molar-refractivity contribution < 1.29 is 23.7 Å². The summed E-state index contributed by atoms with van der Waals surface area (Å²) in [6.07, 6.45) is 0. The highest BCUT2D eigenvalue weighted by molar-refractivity contribution is 5.94. The molecule has 1 aliphatic heterocycles. The van der Waals surface area contributed by atoms with E-state index in [1.165, 1.54) is 0 Å². The zero-order valence-corrected chi connectivity index (χ0v) is 18.2. The van der Waals surface area contributed by atoms with Crippen LogP contribution < -0.4 is 19.5 Å². The molecule has 2 heterocycles. The zero-order chi connectivity index (χ0) is 22.1. The van der Waals surface area contributed by atoms with Crippen LogP contribution in [-0.4, -0.2) is 43.5 Å². The number of para-hydroxylation sites is 2. The quantitative estimate of drug-likeness (QED) is 0.602. The van der Waals surface area contributed by atoms with Crippen molar-refractivity contribution in [2.24, 2.45) is 0 Å². The minimum atomic E-state index is -0.568. The van der Waals surface area contributed by atoms with Gasteiger partial charge in [0.2, 0.25) is 5.95 Å². The number of nitrogens with zero attached hydrogens (tertiary/aromatic N) is 2. The summed E-state index contributed by atoms with van der Waals surface area (Å²) in [5, 5.41) is 3.26. The monoisotopic (exact) mass is 423 g/mol. The predicted octanol–water partition coefficient (Wildman–Crippen LogP) is 3.91. The smallest absolute Gasteiger partial charge is 0.338 e. The lowest BCUT2D eigenvalue weighted by Gasteiger charge is -2.31. The Labute approximate surface area is 180 Å². The van der Waals surface area contributed by atoms with Crippen molar-refractivity contribution in [1.29, 1.82) is 0 Å². The van der Waals surface area contributed by atoms with Crippen LogP contribution in [0.5, 0.6) is 17.2 Å².